The molecule has 0 radical (unpaired) electrons. The summed E-state index contributed by atoms with van der Waals surface area (Å²) in [4.78, 5) is 24.6. The van der Waals surface area contributed by atoms with Crippen molar-refractivity contribution in [2.45, 2.75) is 40.0 Å². The van der Waals surface area contributed by atoms with Crippen molar-refractivity contribution in [2.75, 3.05) is 11.9 Å². The molecule has 0 aliphatic heterocycles. The minimum absolute atomic E-state index is 0.140. The summed E-state index contributed by atoms with van der Waals surface area (Å²) < 4.78 is 0. The molecule has 4 heteroatoms. The number of benzene rings is 1. The monoisotopic (exact) mass is 288 g/mol. The van der Waals surface area contributed by atoms with Gasteiger partial charge in [-0.15, -0.1) is 0 Å². The third-order valence-electron chi connectivity index (χ3n) is 3.91. The molecule has 0 bridgehead atoms. The molecule has 0 saturated heterocycles. The van der Waals surface area contributed by atoms with Crippen molar-refractivity contribution in [3.05, 3.63) is 29.8 Å². The second-order valence-corrected chi connectivity index (χ2v) is 6.19. The molecule has 4 nitrogen and oxygen atoms in total. The summed E-state index contributed by atoms with van der Waals surface area (Å²) in [7, 11) is 0. The average molecular weight is 288 g/mol. The van der Waals surface area contributed by atoms with Crippen LogP contribution in [0.4, 0.5) is 5.69 Å². The van der Waals surface area contributed by atoms with Gasteiger partial charge in [0.1, 0.15) is 5.41 Å². The maximum atomic E-state index is 12.4. The number of hydrogen-bond donors (Lipinski definition) is 2. The first-order valence-electron chi connectivity index (χ1n) is 7.66. The van der Waals surface area contributed by atoms with Crippen LogP contribution < -0.4 is 10.6 Å². The van der Waals surface area contributed by atoms with Crippen LogP contribution in [0, 0.1) is 11.3 Å². The Hall–Kier alpha value is -1.84. The summed E-state index contributed by atoms with van der Waals surface area (Å²) in [5.41, 5.74) is 1.13. The highest BCUT2D eigenvalue weighted by Gasteiger charge is 2.56. The molecule has 1 saturated carbocycles. The van der Waals surface area contributed by atoms with Crippen molar-refractivity contribution in [3.63, 3.8) is 0 Å². The fourth-order valence-electron chi connectivity index (χ4n) is 2.22. The molecule has 0 atom stereocenters. The van der Waals surface area contributed by atoms with Gasteiger partial charge in [-0.2, -0.15) is 0 Å². The Morgan fingerprint density at radius 1 is 1.14 bits per heavy atom. The molecule has 21 heavy (non-hydrogen) atoms. The minimum Gasteiger partial charge on any atom is -0.355 e. The van der Waals surface area contributed by atoms with Gasteiger partial charge in [-0.25, -0.2) is 0 Å². The number of rotatable bonds is 6. The molecule has 2 rings (SSSR count). The normalized spacial score (nSPS) is 15.6. The standard InChI is InChI=1S/C17H24N2O2/c1-4-13-5-7-14(8-6-13)19-16(21)17(9-10-17)15(20)18-11-12(2)3/h5-8,12H,4,9-11H2,1-3H3,(H,18,20)(H,19,21). The number of anilines is 1. The van der Waals surface area contributed by atoms with Crippen molar-refractivity contribution in [3.8, 4) is 0 Å². The van der Waals surface area contributed by atoms with E-state index in [1.807, 2.05) is 38.1 Å². The number of aryl methyl sites for hydroxylation is 1. The van der Waals surface area contributed by atoms with Crippen LogP contribution in [0.25, 0.3) is 0 Å². The van der Waals surface area contributed by atoms with E-state index in [-0.39, 0.29) is 11.8 Å². The highest BCUT2D eigenvalue weighted by molar-refractivity contribution is 6.13. The number of hydrogen-bond acceptors (Lipinski definition) is 2. The molecule has 0 spiro atoms. The predicted molar refractivity (Wildman–Crippen MR) is 84.0 cm³/mol. The zero-order chi connectivity index (χ0) is 15.5. The van der Waals surface area contributed by atoms with Crippen LogP contribution in [0.15, 0.2) is 24.3 Å². The summed E-state index contributed by atoms with van der Waals surface area (Å²) >= 11 is 0. The van der Waals surface area contributed by atoms with Crippen LogP contribution in [0.1, 0.15) is 39.2 Å². The SMILES string of the molecule is CCc1ccc(NC(=O)C2(C(=O)NCC(C)C)CC2)cc1. The van der Waals surface area contributed by atoms with Crippen molar-refractivity contribution in [1.82, 2.24) is 5.32 Å². The number of carbonyl (C=O) groups excluding carboxylic acids is 2. The molecule has 1 aromatic rings. The lowest BCUT2D eigenvalue weighted by molar-refractivity contribution is -0.134. The predicted octanol–water partition coefficient (Wildman–Crippen LogP) is 2.74. The smallest absolute Gasteiger partial charge is 0.240 e. The van der Waals surface area contributed by atoms with E-state index in [1.54, 1.807) is 0 Å². The lowest BCUT2D eigenvalue weighted by Gasteiger charge is -2.16. The Morgan fingerprint density at radius 2 is 1.76 bits per heavy atom. The van der Waals surface area contributed by atoms with Gasteiger partial charge in [0.15, 0.2) is 0 Å². The zero-order valence-electron chi connectivity index (χ0n) is 13.0. The molecule has 1 aliphatic carbocycles. The maximum absolute atomic E-state index is 12.4. The topological polar surface area (TPSA) is 58.2 Å². The molecule has 2 N–H and O–H groups in total. The van der Waals surface area contributed by atoms with Crippen molar-refractivity contribution >= 4 is 17.5 Å². The van der Waals surface area contributed by atoms with Crippen LogP contribution in [0.5, 0.6) is 0 Å². The second-order valence-electron chi connectivity index (χ2n) is 6.19. The molecule has 0 aromatic heterocycles. The fourth-order valence-corrected chi connectivity index (χ4v) is 2.22. The molecule has 1 aromatic carbocycles. The Balaban J connectivity index is 1.97. The van der Waals surface area contributed by atoms with Gasteiger partial charge in [0.25, 0.3) is 0 Å². The molecule has 1 aliphatic rings. The van der Waals surface area contributed by atoms with Crippen LogP contribution in [0.2, 0.25) is 0 Å². The number of nitrogens with one attached hydrogen (secondary N) is 2. The lowest BCUT2D eigenvalue weighted by atomic mass is 10.0. The first kappa shape index (κ1) is 15.5. The van der Waals surface area contributed by atoms with E-state index in [0.29, 0.717) is 25.3 Å². The molecule has 114 valence electrons. The van der Waals surface area contributed by atoms with Gasteiger partial charge in [-0.3, -0.25) is 9.59 Å². The first-order chi connectivity index (χ1) is 9.98. The van der Waals surface area contributed by atoms with E-state index in [0.717, 1.165) is 12.1 Å². The highest BCUT2D eigenvalue weighted by atomic mass is 16.2. The maximum Gasteiger partial charge on any atom is 0.240 e. The molecular formula is C17H24N2O2. The second kappa shape index (κ2) is 6.29. The Morgan fingerprint density at radius 3 is 2.24 bits per heavy atom. The van der Waals surface area contributed by atoms with Gasteiger partial charge < -0.3 is 10.6 Å². The fraction of sp³-hybridized carbons (Fsp3) is 0.529. The third kappa shape index (κ3) is 3.63. The molecule has 0 heterocycles. The van der Waals surface area contributed by atoms with Gasteiger partial charge in [0, 0.05) is 12.2 Å². The Bertz CT molecular complexity index is 516. The Labute approximate surface area is 126 Å². The van der Waals surface area contributed by atoms with Crippen LogP contribution in [-0.4, -0.2) is 18.4 Å². The average Bonchev–Trinajstić information content (AvgIpc) is 3.27. The highest BCUT2D eigenvalue weighted by Crippen LogP contribution is 2.46. The largest absolute Gasteiger partial charge is 0.355 e. The van der Waals surface area contributed by atoms with Crippen molar-refractivity contribution in [2.24, 2.45) is 11.3 Å². The minimum atomic E-state index is -0.849. The van der Waals surface area contributed by atoms with E-state index in [2.05, 4.69) is 17.6 Å². The van der Waals surface area contributed by atoms with E-state index < -0.39 is 5.41 Å². The zero-order valence-corrected chi connectivity index (χ0v) is 13.0. The summed E-state index contributed by atoms with van der Waals surface area (Å²) in [5, 5.41) is 5.73. The van der Waals surface area contributed by atoms with E-state index >= 15 is 0 Å². The van der Waals surface area contributed by atoms with Gasteiger partial charge >= 0.3 is 0 Å². The summed E-state index contributed by atoms with van der Waals surface area (Å²) in [6.07, 6.45) is 2.24. The first-order valence-corrected chi connectivity index (χ1v) is 7.66. The van der Waals surface area contributed by atoms with E-state index in [1.165, 1.54) is 5.56 Å². The molecular weight excluding hydrogens is 264 g/mol. The Kier molecular flexibility index (Phi) is 4.66. The van der Waals surface area contributed by atoms with Gasteiger partial charge in [0.2, 0.25) is 11.8 Å². The molecule has 0 unspecified atom stereocenters. The summed E-state index contributed by atoms with van der Waals surface area (Å²) in [6.45, 7) is 6.77. The van der Waals surface area contributed by atoms with Crippen LogP contribution in [-0.2, 0) is 16.0 Å². The van der Waals surface area contributed by atoms with Gasteiger partial charge in [-0.05, 0) is 42.9 Å². The molecule has 2 amide bonds. The van der Waals surface area contributed by atoms with Crippen LogP contribution >= 0.6 is 0 Å². The van der Waals surface area contributed by atoms with Gasteiger partial charge in [0.05, 0.1) is 0 Å². The van der Waals surface area contributed by atoms with E-state index in [9.17, 15) is 9.59 Å². The quantitative estimate of drug-likeness (QED) is 0.791. The lowest BCUT2D eigenvalue weighted by Crippen LogP contribution is -2.41. The summed E-state index contributed by atoms with van der Waals surface area (Å²) in [6, 6.07) is 7.76. The van der Waals surface area contributed by atoms with Crippen LogP contribution in [0.3, 0.4) is 0 Å². The third-order valence-corrected chi connectivity index (χ3v) is 3.91. The van der Waals surface area contributed by atoms with Crippen molar-refractivity contribution < 1.29 is 9.59 Å². The number of amides is 2. The number of carbonyl (C=O) groups is 2. The van der Waals surface area contributed by atoms with Gasteiger partial charge in [-0.1, -0.05) is 32.9 Å². The van der Waals surface area contributed by atoms with E-state index in [4.69, 9.17) is 0 Å². The summed E-state index contributed by atoms with van der Waals surface area (Å²) in [5.74, 6) is 0.0567. The molecule has 1 fully saturated rings. The van der Waals surface area contributed by atoms with Crippen molar-refractivity contribution in [1.29, 1.82) is 0 Å².